The summed E-state index contributed by atoms with van der Waals surface area (Å²) in [4.78, 5) is 15.6. The molecule has 2 saturated heterocycles. The van der Waals surface area contributed by atoms with Crippen LogP contribution in [-0.4, -0.2) is 50.7 Å². The zero-order valence-corrected chi connectivity index (χ0v) is 17.2. The number of anilines is 2. The van der Waals surface area contributed by atoms with Gasteiger partial charge in [-0.3, -0.25) is 4.78 Å². The molecular weight excluding hydrogens is 400 g/mol. The summed E-state index contributed by atoms with van der Waals surface area (Å²) in [6.07, 6.45) is 1.46. The summed E-state index contributed by atoms with van der Waals surface area (Å²) in [5, 5.41) is -0.130. The summed E-state index contributed by atoms with van der Waals surface area (Å²) in [7, 11) is -2.71. The number of nitrogen functional groups attached to an aromatic ring is 1. The Hall–Kier alpha value is -1.97. The lowest BCUT2D eigenvalue weighted by Gasteiger charge is -2.34. The minimum Gasteiger partial charge on any atom is -0.384 e. The molecule has 28 heavy (non-hydrogen) atoms. The van der Waals surface area contributed by atoms with Crippen molar-refractivity contribution in [2.75, 3.05) is 36.1 Å². The number of morpholine rings is 1. The van der Waals surface area contributed by atoms with Crippen LogP contribution in [0.5, 0.6) is 0 Å². The average molecular weight is 423 g/mol. The van der Waals surface area contributed by atoms with Gasteiger partial charge in [-0.15, -0.1) is 0 Å². The molecule has 0 aliphatic carbocycles. The van der Waals surface area contributed by atoms with Crippen LogP contribution in [0.2, 0.25) is 5.15 Å². The maximum absolute atomic E-state index is 12.7. The van der Waals surface area contributed by atoms with Crippen molar-refractivity contribution >= 4 is 33.0 Å². The quantitative estimate of drug-likeness (QED) is 0.730. The number of ether oxygens (including phenoxy) is 1. The molecule has 0 amide bonds. The van der Waals surface area contributed by atoms with Gasteiger partial charge in [0.15, 0.2) is 5.82 Å². The molecule has 150 valence electrons. The molecule has 2 aromatic heterocycles. The van der Waals surface area contributed by atoms with E-state index in [1.807, 2.05) is 6.07 Å². The number of pyridine rings is 1. The van der Waals surface area contributed by atoms with Crippen LogP contribution >= 0.6 is 11.6 Å². The van der Waals surface area contributed by atoms with Crippen molar-refractivity contribution in [3.63, 3.8) is 0 Å². The van der Waals surface area contributed by atoms with Gasteiger partial charge < -0.3 is 15.4 Å². The predicted molar refractivity (Wildman–Crippen MR) is 110 cm³/mol. The topological polar surface area (TPSA) is 118 Å². The SMILES string of the molecule is C[C@@H]1COCCN1c1cc(C2CCCS2(=N)=O)nc(-c2cc(N)nc(Cl)c2)n1. The number of rotatable bonds is 3. The minimum absolute atomic E-state index is 0.152. The molecule has 4 heterocycles. The van der Waals surface area contributed by atoms with Crippen LogP contribution in [0.4, 0.5) is 11.6 Å². The van der Waals surface area contributed by atoms with Crippen molar-refractivity contribution in [1.82, 2.24) is 15.0 Å². The molecule has 2 aliphatic heterocycles. The number of nitrogens with two attached hydrogens (primary N) is 1. The molecule has 2 unspecified atom stereocenters. The van der Waals surface area contributed by atoms with E-state index in [-0.39, 0.29) is 22.3 Å². The van der Waals surface area contributed by atoms with Gasteiger partial charge in [0, 0.05) is 23.9 Å². The highest BCUT2D eigenvalue weighted by atomic mass is 35.5. The summed E-state index contributed by atoms with van der Waals surface area (Å²) in [5.74, 6) is 1.88. The molecule has 0 saturated carbocycles. The Morgan fingerprint density at radius 3 is 2.82 bits per heavy atom. The molecule has 4 rings (SSSR count). The molecule has 0 spiro atoms. The smallest absolute Gasteiger partial charge is 0.162 e. The van der Waals surface area contributed by atoms with Gasteiger partial charge in [-0.1, -0.05) is 11.6 Å². The van der Waals surface area contributed by atoms with E-state index in [2.05, 4.69) is 21.8 Å². The van der Waals surface area contributed by atoms with Crippen molar-refractivity contribution in [2.45, 2.75) is 31.1 Å². The Morgan fingerprint density at radius 2 is 2.14 bits per heavy atom. The maximum atomic E-state index is 12.7. The molecule has 2 aliphatic rings. The second-order valence-corrected chi connectivity index (χ2v) is 10.1. The van der Waals surface area contributed by atoms with Gasteiger partial charge in [0.2, 0.25) is 0 Å². The lowest BCUT2D eigenvalue weighted by molar-refractivity contribution is 0.0985. The van der Waals surface area contributed by atoms with E-state index >= 15 is 0 Å². The molecule has 2 fully saturated rings. The maximum Gasteiger partial charge on any atom is 0.162 e. The summed E-state index contributed by atoms with van der Waals surface area (Å²) >= 11 is 6.07. The van der Waals surface area contributed by atoms with Gasteiger partial charge in [-0.25, -0.2) is 19.2 Å². The summed E-state index contributed by atoms with van der Waals surface area (Å²) < 4.78 is 26.5. The van der Waals surface area contributed by atoms with Gasteiger partial charge in [0.25, 0.3) is 0 Å². The lowest BCUT2D eigenvalue weighted by atomic mass is 10.1. The first-order chi connectivity index (χ1) is 13.3. The van der Waals surface area contributed by atoms with Crippen LogP contribution in [0.15, 0.2) is 18.2 Å². The number of hydrogen-bond donors (Lipinski definition) is 2. The zero-order chi connectivity index (χ0) is 19.9. The minimum atomic E-state index is -2.71. The van der Waals surface area contributed by atoms with Crippen LogP contribution in [0.1, 0.15) is 30.7 Å². The fourth-order valence-corrected chi connectivity index (χ4v) is 5.92. The van der Waals surface area contributed by atoms with Crippen LogP contribution in [0.3, 0.4) is 0 Å². The number of hydrogen-bond acceptors (Lipinski definition) is 8. The third-order valence-electron chi connectivity index (χ3n) is 5.17. The molecule has 0 bridgehead atoms. The fourth-order valence-electron chi connectivity index (χ4n) is 3.77. The van der Waals surface area contributed by atoms with Crippen molar-refractivity contribution < 1.29 is 8.95 Å². The number of halogens is 1. The zero-order valence-electron chi connectivity index (χ0n) is 15.6. The molecule has 3 N–H and O–H groups in total. The Morgan fingerprint density at radius 1 is 1.32 bits per heavy atom. The first-order valence-electron chi connectivity index (χ1n) is 9.25. The normalized spacial score (nSPS) is 27.9. The summed E-state index contributed by atoms with van der Waals surface area (Å²) in [5.41, 5.74) is 7.14. The van der Waals surface area contributed by atoms with Crippen molar-refractivity contribution in [3.05, 3.63) is 29.0 Å². The second-order valence-electron chi connectivity index (χ2n) is 7.26. The van der Waals surface area contributed by atoms with Gasteiger partial charge in [-0.05, 0) is 31.9 Å². The van der Waals surface area contributed by atoms with E-state index in [0.717, 1.165) is 12.2 Å². The number of aromatic nitrogens is 3. The highest BCUT2D eigenvalue weighted by Gasteiger charge is 2.32. The first kappa shape index (κ1) is 19.4. The van der Waals surface area contributed by atoms with E-state index in [0.29, 0.717) is 49.0 Å². The molecule has 2 aromatic rings. The molecule has 10 heteroatoms. The van der Waals surface area contributed by atoms with Crippen molar-refractivity contribution in [1.29, 1.82) is 4.78 Å². The number of nitrogens with one attached hydrogen (secondary N) is 1. The van der Waals surface area contributed by atoms with Crippen molar-refractivity contribution in [2.24, 2.45) is 0 Å². The van der Waals surface area contributed by atoms with Crippen LogP contribution < -0.4 is 10.6 Å². The van der Waals surface area contributed by atoms with Gasteiger partial charge >= 0.3 is 0 Å². The Balaban J connectivity index is 1.85. The highest BCUT2D eigenvalue weighted by molar-refractivity contribution is 7.92. The van der Waals surface area contributed by atoms with Crippen LogP contribution in [0, 0.1) is 4.78 Å². The van der Waals surface area contributed by atoms with Crippen LogP contribution in [-0.2, 0) is 14.5 Å². The standard InChI is InChI=1S/C18H23ClN6O2S/c1-11-10-27-5-4-25(11)17-9-13(14-3-2-6-28(14,21)26)22-18(24-17)12-7-15(19)23-16(20)8-12/h7-9,11,14,21H,2-6,10H2,1H3,(H2,20,23)/t11-,14?,28?/m1/s1. The third-order valence-corrected chi connectivity index (χ3v) is 7.66. The molecule has 8 nitrogen and oxygen atoms in total. The third kappa shape index (κ3) is 3.78. The second kappa shape index (κ2) is 7.46. The first-order valence-corrected chi connectivity index (χ1v) is 11.4. The van der Waals surface area contributed by atoms with Crippen molar-refractivity contribution in [3.8, 4) is 11.4 Å². The molecule has 0 radical (unpaired) electrons. The van der Waals surface area contributed by atoms with Gasteiger partial charge in [0.1, 0.15) is 16.8 Å². The largest absolute Gasteiger partial charge is 0.384 e. The highest BCUT2D eigenvalue weighted by Crippen LogP contribution is 2.36. The Labute approximate surface area is 169 Å². The Kier molecular flexibility index (Phi) is 5.15. The van der Waals surface area contributed by atoms with E-state index in [1.54, 1.807) is 12.1 Å². The lowest BCUT2D eigenvalue weighted by Crippen LogP contribution is -2.44. The van der Waals surface area contributed by atoms with Gasteiger partial charge in [-0.2, -0.15) is 0 Å². The molecular formula is C18H23ClN6O2S. The monoisotopic (exact) mass is 422 g/mol. The van der Waals surface area contributed by atoms with E-state index in [1.165, 1.54) is 0 Å². The fraction of sp³-hybridized carbons (Fsp3) is 0.500. The molecule has 3 atom stereocenters. The average Bonchev–Trinajstić information content (AvgIpc) is 3.00. The predicted octanol–water partition coefficient (Wildman–Crippen LogP) is 2.88. The summed E-state index contributed by atoms with van der Waals surface area (Å²) in [6.45, 7) is 4.01. The van der Waals surface area contributed by atoms with E-state index in [4.69, 9.17) is 31.8 Å². The number of nitrogens with zero attached hydrogens (tertiary/aromatic N) is 4. The Bertz CT molecular complexity index is 979. The van der Waals surface area contributed by atoms with Gasteiger partial charge in [0.05, 0.1) is 39.9 Å². The molecule has 0 aromatic carbocycles. The van der Waals surface area contributed by atoms with Crippen LogP contribution in [0.25, 0.3) is 11.4 Å². The van der Waals surface area contributed by atoms with E-state index < -0.39 is 9.73 Å². The van der Waals surface area contributed by atoms with E-state index in [9.17, 15) is 4.21 Å². The summed E-state index contributed by atoms with van der Waals surface area (Å²) in [6, 6.07) is 5.36.